The van der Waals surface area contributed by atoms with Crippen LogP contribution in [0, 0.1) is 5.92 Å². The third-order valence-corrected chi connectivity index (χ3v) is 2.22. The standard InChI is InChI=1S/C8H16O2.Mo/c1-3-5-6-7(4-2)8(9)10;/h7H,3-6H2,1-2H3,(H,9,10);/q;+1/p-1. The Hall–Kier alpha value is 0.158. The fourth-order valence-electron chi connectivity index (χ4n) is 1.01. The molecule has 1 atom stereocenters. The minimum atomic E-state index is -0.0502. The predicted octanol–water partition coefficient (Wildman–Crippen LogP) is 2.21. The number of carbonyl (C=O) groups excluding carboxylic acids is 1. The first-order valence-corrected chi connectivity index (χ1v) is 4.91. The van der Waals surface area contributed by atoms with Gasteiger partial charge in [-0.1, -0.05) is 0 Å². The monoisotopic (exact) mass is 241 g/mol. The van der Waals surface area contributed by atoms with E-state index >= 15 is 0 Å². The first-order valence-electron chi connectivity index (χ1n) is 4.09. The summed E-state index contributed by atoms with van der Waals surface area (Å²) < 4.78 is 4.67. The molecule has 0 heterocycles. The molecule has 3 heteroatoms. The van der Waals surface area contributed by atoms with Crippen molar-refractivity contribution >= 4 is 5.97 Å². The molecule has 0 saturated carbocycles. The zero-order chi connectivity index (χ0) is 8.69. The Morgan fingerprint density at radius 3 is 2.55 bits per heavy atom. The summed E-state index contributed by atoms with van der Waals surface area (Å²) in [6, 6.07) is 0. The fraction of sp³-hybridized carbons (Fsp3) is 0.875. The van der Waals surface area contributed by atoms with E-state index in [0.717, 1.165) is 25.7 Å². The molecule has 0 rings (SSSR count). The molecule has 1 unspecified atom stereocenters. The SMILES string of the molecule is CCCCC(CC)C(=O)[O][Mo]. The Morgan fingerprint density at radius 2 is 2.18 bits per heavy atom. The van der Waals surface area contributed by atoms with Crippen molar-refractivity contribution in [2.75, 3.05) is 0 Å². The molecule has 0 aliphatic carbocycles. The zero-order valence-corrected chi connectivity index (χ0v) is 9.14. The van der Waals surface area contributed by atoms with Crippen molar-refractivity contribution in [3.8, 4) is 0 Å². The van der Waals surface area contributed by atoms with Gasteiger partial charge in [0.2, 0.25) is 0 Å². The van der Waals surface area contributed by atoms with Crippen molar-refractivity contribution in [2.24, 2.45) is 5.92 Å². The second-order valence-electron chi connectivity index (χ2n) is 2.65. The first-order chi connectivity index (χ1) is 5.26. The molecule has 0 radical (unpaired) electrons. The fourth-order valence-corrected chi connectivity index (χ4v) is 1.34. The molecular formula is C8H15MoO2. The quantitative estimate of drug-likeness (QED) is 0.687. The van der Waals surface area contributed by atoms with Crippen LogP contribution in [0.25, 0.3) is 0 Å². The van der Waals surface area contributed by atoms with E-state index in [1.54, 1.807) is 0 Å². The van der Waals surface area contributed by atoms with Crippen LogP contribution in [0.3, 0.4) is 0 Å². The van der Waals surface area contributed by atoms with Gasteiger partial charge < -0.3 is 0 Å². The van der Waals surface area contributed by atoms with Crippen LogP contribution in [0.15, 0.2) is 0 Å². The van der Waals surface area contributed by atoms with Crippen LogP contribution in [0.1, 0.15) is 39.5 Å². The Labute approximate surface area is 80.1 Å². The van der Waals surface area contributed by atoms with Gasteiger partial charge in [0.15, 0.2) is 0 Å². The molecule has 0 aliphatic heterocycles. The normalized spacial score (nSPS) is 12.5. The summed E-state index contributed by atoms with van der Waals surface area (Å²) in [6.45, 7) is 4.16. The van der Waals surface area contributed by atoms with Crippen LogP contribution < -0.4 is 0 Å². The van der Waals surface area contributed by atoms with E-state index in [1.165, 1.54) is 20.2 Å². The molecule has 65 valence electrons. The molecular weight excluding hydrogens is 224 g/mol. The van der Waals surface area contributed by atoms with Gasteiger partial charge in [0.25, 0.3) is 0 Å². The molecule has 0 spiro atoms. The molecule has 0 aliphatic rings. The van der Waals surface area contributed by atoms with Crippen LogP contribution in [0.4, 0.5) is 0 Å². The summed E-state index contributed by atoms with van der Waals surface area (Å²) in [7, 11) is 0. The van der Waals surface area contributed by atoms with Gasteiger partial charge >= 0.3 is 79.8 Å². The number of hydrogen-bond donors (Lipinski definition) is 0. The number of carbonyl (C=O) groups is 1. The number of rotatable bonds is 5. The topological polar surface area (TPSA) is 26.3 Å². The Bertz CT molecular complexity index is 115. The van der Waals surface area contributed by atoms with Crippen molar-refractivity contribution in [1.29, 1.82) is 0 Å². The van der Waals surface area contributed by atoms with Crippen LogP contribution in [-0.4, -0.2) is 5.97 Å². The second-order valence-corrected chi connectivity index (χ2v) is 3.06. The Kier molecular flexibility index (Phi) is 6.94. The third-order valence-electron chi connectivity index (χ3n) is 1.81. The van der Waals surface area contributed by atoms with Crippen LogP contribution in [0.2, 0.25) is 0 Å². The van der Waals surface area contributed by atoms with Gasteiger partial charge in [0.1, 0.15) is 0 Å². The van der Waals surface area contributed by atoms with Gasteiger partial charge in [-0.2, -0.15) is 0 Å². The van der Waals surface area contributed by atoms with Gasteiger partial charge in [-0.05, 0) is 0 Å². The summed E-state index contributed by atoms with van der Waals surface area (Å²) in [5, 5.41) is 0. The van der Waals surface area contributed by atoms with E-state index in [-0.39, 0.29) is 11.9 Å². The number of hydrogen-bond acceptors (Lipinski definition) is 2. The second kappa shape index (κ2) is 6.84. The molecule has 0 amide bonds. The van der Waals surface area contributed by atoms with Gasteiger partial charge in [0, 0.05) is 0 Å². The van der Waals surface area contributed by atoms with Crippen LogP contribution in [0.5, 0.6) is 0 Å². The summed E-state index contributed by atoms with van der Waals surface area (Å²) in [5.41, 5.74) is 0. The van der Waals surface area contributed by atoms with Crippen molar-refractivity contribution in [3.05, 3.63) is 0 Å². The van der Waals surface area contributed by atoms with Crippen molar-refractivity contribution in [1.82, 2.24) is 0 Å². The zero-order valence-electron chi connectivity index (χ0n) is 7.13. The minimum absolute atomic E-state index is 0.0502. The summed E-state index contributed by atoms with van der Waals surface area (Å²) in [5.74, 6) is 0.0772. The molecule has 0 N–H and O–H groups in total. The van der Waals surface area contributed by atoms with Gasteiger partial charge in [0.05, 0.1) is 0 Å². The average Bonchev–Trinajstić information content (AvgIpc) is 2.05. The van der Waals surface area contributed by atoms with E-state index in [1.807, 2.05) is 6.92 Å². The van der Waals surface area contributed by atoms with Crippen molar-refractivity contribution in [2.45, 2.75) is 39.5 Å². The maximum atomic E-state index is 11.0. The van der Waals surface area contributed by atoms with Gasteiger partial charge in [-0.25, -0.2) is 0 Å². The van der Waals surface area contributed by atoms with E-state index < -0.39 is 0 Å². The molecule has 2 nitrogen and oxygen atoms in total. The van der Waals surface area contributed by atoms with Gasteiger partial charge in [-0.3, -0.25) is 0 Å². The maximum absolute atomic E-state index is 11.0. The Balaban J connectivity index is 3.65. The van der Waals surface area contributed by atoms with Crippen LogP contribution >= 0.6 is 0 Å². The average molecular weight is 239 g/mol. The van der Waals surface area contributed by atoms with Crippen molar-refractivity contribution in [3.63, 3.8) is 0 Å². The molecule has 0 saturated heterocycles. The molecule has 0 aromatic carbocycles. The molecule has 0 aromatic rings. The van der Waals surface area contributed by atoms with E-state index in [9.17, 15) is 4.79 Å². The molecule has 0 bridgehead atoms. The molecule has 0 fully saturated rings. The van der Waals surface area contributed by atoms with Crippen LogP contribution in [-0.2, 0) is 28.4 Å². The predicted molar refractivity (Wildman–Crippen MR) is 39.4 cm³/mol. The van der Waals surface area contributed by atoms with Gasteiger partial charge in [-0.15, -0.1) is 0 Å². The number of unbranched alkanes of at least 4 members (excludes halogenated alkanes) is 1. The molecule has 11 heavy (non-hydrogen) atoms. The van der Waals surface area contributed by atoms with E-state index in [0.29, 0.717) is 0 Å². The van der Waals surface area contributed by atoms with Crippen molar-refractivity contribution < 1.29 is 28.4 Å². The Morgan fingerprint density at radius 1 is 1.55 bits per heavy atom. The van der Waals surface area contributed by atoms with E-state index in [2.05, 4.69) is 10.3 Å². The summed E-state index contributed by atoms with van der Waals surface area (Å²) in [4.78, 5) is 11.0. The first kappa shape index (κ1) is 11.2. The molecule has 0 aromatic heterocycles. The third kappa shape index (κ3) is 4.57. The summed E-state index contributed by atoms with van der Waals surface area (Å²) >= 11 is 1.39. The summed E-state index contributed by atoms with van der Waals surface area (Å²) in [6.07, 6.45) is 4.14. The van der Waals surface area contributed by atoms with E-state index in [4.69, 9.17) is 0 Å².